The average molecular weight is 496 g/mol. The molecular weight excluding hydrogens is 469 g/mol. The minimum Gasteiger partial charge on any atom is -0.327 e. The van der Waals surface area contributed by atoms with Crippen molar-refractivity contribution >= 4 is 27.5 Å². The van der Waals surface area contributed by atoms with Gasteiger partial charge in [0.15, 0.2) is 0 Å². The highest BCUT2D eigenvalue weighted by Crippen LogP contribution is 2.28. The average Bonchev–Trinajstić information content (AvgIpc) is 3.40. The molecule has 0 bridgehead atoms. The highest BCUT2D eigenvalue weighted by Gasteiger charge is 2.25. The van der Waals surface area contributed by atoms with Gasteiger partial charge in [0.1, 0.15) is 23.2 Å². The lowest BCUT2D eigenvalue weighted by Crippen LogP contribution is -2.29. The molecule has 0 saturated carbocycles. The van der Waals surface area contributed by atoms with E-state index < -0.39 is 15.9 Å². The molecule has 3 heterocycles. The number of fused-ring (bicyclic) bond motifs is 1. The Bertz CT molecular complexity index is 1400. The Kier molecular flexibility index (Phi) is 6.38. The Morgan fingerprint density at radius 3 is 2.60 bits per heavy atom. The Morgan fingerprint density at radius 2 is 1.83 bits per heavy atom. The third-order valence-corrected chi connectivity index (χ3v) is 7.59. The Hall–Kier alpha value is -3.53. The number of carbonyl (C=O) groups is 1. The van der Waals surface area contributed by atoms with Gasteiger partial charge in [-0.15, -0.1) is 0 Å². The number of hydrogen-bond donors (Lipinski definition) is 2. The van der Waals surface area contributed by atoms with Crippen LogP contribution in [0.15, 0.2) is 58.4 Å². The van der Waals surface area contributed by atoms with Crippen LogP contribution in [0, 0.1) is 5.82 Å². The summed E-state index contributed by atoms with van der Waals surface area (Å²) in [6.45, 7) is 1.34. The highest BCUT2D eigenvalue weighted by atomic mass is 32.2. The molecular formula is C25H26FN5O3S. The van der Waals surface area contributed by atoms with Gasteiger partial charge in [0.05, 0.1) is 10.6 Å². The van der Waals surface area contributed by atoms with Gasteiger partial charge in [-0.3, -0.25) is 14.5 Å². The molecule has 0 spiro atoms. The quantitative estimate of drug-likeness (QED) is 0.555. The summed E-state index contributed by atoms with van der Waals surface area (Å²) in [5, 5.41) is 2.81. The zero-order valence-electron chi connectivity index (χ0n) is 19.1. The predicted molar refractivity (Wildman–Crippen MR) is 131 cm³/mol. The first-order valence-electron chi connectivity index (χ1n) is 11.7. The molecule has 8 nitrogen and oxygen atoms in total. The van der Waals surface area contributed by atoms with Crippen molar-refractivity contribution in [2.45, 2.75) is 50.0 Å². The van der Waals surface area contributed by atoms with E-state index >= 15 is 0 Å². The number of halogens is 1. The second-order valence-electron chi connectivity index (χ2n) is 8.72. The van der Waals surface area contributed by atoms with Crippen LogP contribution in [0.1, 0.15) is 48.3 Å². The van der Waals surface area contributed by atoms with E-state index in [0.29, 0.717) is 42.4 Å². The number of amidine groups is 1. The van der Waals surface area contributed by atoms with E-state index in [9.17, 15) is 17.6 Å². The van der Waals surface area contributed by atoms with E-state index in [1.54, 1.807) is 24.3 Å². The number of nitrogens with one attached hydrogen (secondary N) is 2. The summed E-state index contributed by atoms with van der Waals surface area (Å²) in [6.07, 6.45) is 5.08. The Morgan fingerprint density at radius 1 is 1.00 bits per heavy atom. The molecule has 2 aliphatic rings. The number of aliphatic imine (C=N–C) groups is 1. The van der Waals surface area contributed by atoms with Gasteiger partial charge in [-0.1, -0.05) is 12.5 Å². The third kappa shape index (κ3) is 4.97. The fraction of sp³-hybridized carbons (Fsp3) is 0.320. The molecule has 3 aromatic rings. The molecule has 1 amide bonds. The van der Waals surface area contributed by atoms with Crippen LogP contribution in [0.2, 0.25) is 0 Å². The third-order valence-electron chi connectivity index (χ3n) is 6.21. The van der Waals surface area contributed by atoms with Crippen molar-refractivity contribution in [3.63, 3.8) is 0 Å². The maximum Gasteiger partial charge on any atom is 0.276 e. The summed E-state index contributed by atoms with van der Waals surface area (Å²) < 4.78 is 43.6. The van der Waals surface area contributed by atoms with E-state index in [0.717, 1.165) is 43.5 Å². The minimum absolute atomic E-state index is 0.0422. The largest absolute Gasteiger partial charge is 0.327 e. The van der Waals surface area contributed by atoms with Crippen molar-refractivity contribution in [2.75, 3.05) is 11.9 Å². The van der Waals surface area contributed by atoms with Gasteiger partial charge in [0.2, 0.25) is 0 Å². The van der Waals surface area contributed by atoms with Crippen molar-refractivity contribution in [1.82, 2.24) is 14.3 Å². The van der Waals surface area contributed by atoms with Crippen LogP contribution in [0.25, 0.3) is 11.4 Å². The number of imidazole rings is 1. The van der Waals surface area contributed by atoms with Crippen LogP contribution in [-0.4, -0.2) is 36.3 Å². The van der Waals surface area contributed by atoms with Crippen molar-refractivity contribution in [1.29, 1.82) is 0 Å². The standard InChI is InChI=1S/C25H26FN5O3S/c26-18-12-10-17(11-13-18)24-29-23(21-8-2-1-3-15-31(21)24)25(32)28-19-6-4-7-20(16-19)35(33,34)30-22-9-5-14-27-22/h4,6-7,10-13,16H,1-3,5,8-9,14-15H2,(H,27,30)(H,28,32). The highest BCUT2D eigenvalue weighted by molar-refractivity contribution is 7.90. The van der Waals surface area contributed by atoms with Gasteiger partial charge in [0, 0.05) is 30.8 Å². The molecule has 182 valence electrons. The number of anilines is 1. The van der Waals surface area contributed by atoms with Crippen LogP contribution in [0.4, 0.5) is 10.1 Å². The number of amides is 1. The molecule has 0 fully saturated rings. The predicted octanol–water partition coefficient (Wildman–Crippen LogP) is 4.14. The zero-order valence-corrected chi connectivity index (χ0v) is 19.9. The molecule has 2 N–H and O–H groups in total. The molecule has 10 heteroatoms. The smallest absolute Gasteiger partial charge is 0.276 e. The number of nitrogens with zero attached hydrogens (tertiary/aromatic N) is 3. The molecule has 5 rings (SSSR count). The lowest BCUT2D eigenvalue weighted by atomic mass is 10.1. The monoisotopic (exact) mass is 495 g/mol. The topological polar surface area (TPSA) is 105 Å². The molecule has 0 aliphatic carbocycles. The summed E-state index contributed by atoms with van der Waals surface area (Å²) in [4.78, 5) is 22.2. The number of sulfonamides is 1. The fourth-order valence-corrected chi connectivity index (χ4v) is 5.62. The maximum atomic E-state index is 13.5. The van der Waals surface area contributed by atoms with Crippen LogP contribution in [-0.2, 0) is 23.0 Å². The SMILES string of the molecule is O=C(Nc1cccc(S(=O)(=O)NC2=NCCC2)c1)c1nc(-c2ccc(F)cc2)n2c1CCCCC2. The van der Waals surface area contributed by atoms with Gasteiger partial charge in [0.25, 0.3) is 15.9 Å². The van der Waals surface area contributed by atoms with Gasteiger partial charge < -0.3 is 9.88 Å². The van der Waals surface area contributed by atoms with Crippen molar-refractivity contribution in [3.8, 4) is 11.4 Å². The molecule has 0 radical (unpaired) electrons. The van der Waals surface area contributed by atoms with Gasteiger partial charge in [-0.2, -0.15) is 0 Å². The first-order chi connectivity index (χ1) is 16.9. The van der Waals surface area contributed by atoms with Crippen molar-refractivity contribution < 1.29 is 17.6 Å². The lowest BCUT2D eigenvalue weighted by molar-refractivity contribution is 0.102. The van der Waals surface area contributed by atoms with E-state index in [1.807, 2.05) is 4.57 Å². The first kappa shape index (κ1) is 23.2. The zero-order chi connectivity index (χ0) is 24.4. The van der Waals surface area contributed by atoms with Crippen LogP contribution in [0.5, 0.6) is 0 Å². The molecule has 2 aromatic carbocycles. The van der Waals surface area contributed by atoms with Gasteiger partial charge in [-0.25, -0.2) is 17.8 Å². The van der Waals surface area contributed by atoms with E-state index in [1.165, 1.54) is 24.3 Å². The molecule has 0 saturated heterocycles. The molecule has 2 aliphatic heterocycles. The van der Waals surface area contributed by atoms with Crippen molar-refractivity contribution in [2.24, 2.45) is 4.99 Å². The van der Waals surface area contributed by atoms with E-state index in [2.05, 4.69) is 20.0 Å². The van der Waals surface area contributed by atoms with Crippen LogP contribution >= 0.6 is 0 Å². The van der Waals surface area contributed by atoms with E-state index in [4.69, 9.17) is 0 Å². The molecule has 1 aromatic heterocycles. The second-order valence-corrected chi connectivity index (χ2v) is 10.4. The summed E-state index contributed by atoms with van der Waals surface area (Å²) in [6, 6.07) is 12.2. The number of carbonyl (C=O) groups excluding carboxylic acids is 1. The van der Waals surface area contributed by atoms with E-state index in [-0.39, 0.29) is 10.7 Å². The van der Waals surface area contributed by atoms with Gasteiger partial charge >= 0.3 is 0 Å². The number of aromatic nitrogens is 2. The number of benzene rings is 2. The number of rotatable bonds is 5. The number of hydrogen-bond acceptors (Lipinski definition) is 5. The molecule has 0 atom stereocenters. The summed E-state index contributed by atoms with van der Waals surface area (Å²) >= 11 is 0. The maximum absolute atomic E-state index is 13.5. The Balaban J connectivity index is 1.43. The van der Waals surface area contributed by atoms with Gasteiger partial charge in [-0.05, 0) is 68.1 Å². The summed E-state index contributed by atoms with van der Waals surface area (Å²) in [5.41, 5.74) is 2.23. The minimum atomic E-state index is -3.80. The normalized spacial score (nSPS) is 15.7. The molecule has 35 heavy (non-hydrogen) atoms. The molecule has 0 unspecified atom stereocenters. The summed E-state index contributed by atoms with van der Waals surface area (Å²) in [7, 11) is -3.80. The van der Waals surface area contributed by atoms with Crippen LogP contribution < -0.4 is 10.0 Å². The first-order valence-corrected chi connectivity index (χ1v) is 13.2. The van der Waals surface area contributed by atoms with Crippen molar-refractivity contribution in [3.05, 3.63) is 65.7 Å². The Labute approximate surface area is 203 Å². The lowest BCUT2D eigenvalue weighted by Gasteiger charge is -2.10. The fourth-order valence-electron chi connectivity index (χ4n) is 4.49. The summed E-state index contributed by atoms with van der Waals surface area (Å²) in [5.74, 6) is 0.337. The second kappa shape index (κ2) is 9.61. The van der Waals surface area contributed by atoms with Crippen LogP contribution in [0.3, 0.4) is 0 Å².